The lowest BCUT2D eigenvalue weighted by Crippen LogP contribution is -2.25. The number of ether oxygens (including phenoxy) is 2. The fourth-order valence-electron chi connectivity index (χ4n) is 4.24. The molecule has 1 aromatic heterocycles. The summed E-state index contributed by atoms with van der Waals surface area (Å²) in [5, 5.41) is 5.21. The van der Waals surface area contributed by atoms with Crippen LogP contribution in [0.5, 0.6) is 11.5 Å². The Hall–Kier alpha value is -1.94. The Morgan fingerprint density at radius 1 is 1.26 bits per heavy atom. The average Bonchev–Trinajstić information content (AvgIpc) is 2.85. The highest BCUT2D eigenvalue weighted by molar-refractivity contribution is 14.1. The summed E-state index contributed by atoms with van der Waals surface area (Å²) in [6.45, 7) is 4.12. The monoisotopic (exact) mass is 637 g/mol. The third-order valence-electron chi connectivity index (χ3n) is 6.27. The highest BCUT2D eigenvalue weighted by Crippen LogP contribution is 2.35. The lowest BCUT2D eigenvalue weighted by Gasteiger charge is -2.22. The van der Waals surface area contributed by atoms with Gasteiger partial charge in [0, 0.05) is 10.4 Å². The van der Waals surface area contributed by atoms with E-state index >= 15 is 0 Å². The van der Waals surface area contributed by atoms with Crippen molar-refractivity contribution in [2.45, 2.75) is 64.4 Å². The van der Waals surface area contributed by atoms with Crippen molar-refractivity contribution in [2.24, 2.45) is 5.10 Å². The van der Waals surface area contributed by atoms with E-state index in [9.17, 15) is 4.79 Å². The molecule has 4 rings (SSSR count). The lowest BCUT2D eigenvalue weighted by molar-refractivity contribution is 0.206. The number of benzene rings is 2. The van der Waals surface area contributed by atoms with E-state index in [4.69, 9.17) is 14.5 Å². The molecule has 0 saturated heterocycles. The third kappa shape index (κ3) is 5.48. The summed E-state index contributed by atoms with van der Waals surface area (Å²) in [4.78, 5) is 18.4. The molecule has 180 valence electrons. The molecule has 34 heavy (non-hydrogen) atoms. The van der Waals surface area contributed by atoms with Gasteiger partial charge >= 0.3 is 0 Å². The van der Waals surface area contributed by atoms with Crippen LogP contribution in [0.25, 0.3) is 10.9 Å². The molecule has 1 heterocycles. The van der Waals surface area contributed by atoms with Crippen molar-refractivity contribution in [2.75, 3.05) is 7.11 Å². The molecule has 1 saturated carbocycles. The van der Waals surface area contributed by atoms with Crippen molar-refractivity contribution in [3.63, 3.8) is 0 Å². The fourth-order valence-corrected chi connectivity index (χ4v) is 5.35. The first-order chi connectivity index (χ1) is 16.4. The molecule has 1 aliphatic rings. The highest BCUT2D eigenvalue weighted by atomic mass is 127. The van der Waals surface area contributed by atoms with Gasteiger partial charge in [-0.1, -0.05) is 42.1 Å². The van der Waals surface area contributed by atoms with Crippen LogP contribution in [-0.4, -0.2) is 29.1 Å². The standard InChI is InChI=1S/C26H29BrIN3O3/c1-4-16(2)34-24-21(28)12-17(13-23(24)33-3)15-29-31-25(18-8-6-5-7-9-18)30-22-11-10-19(27)14-20(22)26(31)32/h10-16,18H,4-9H2,1-3H3/t16-/m1/s1. The summed E-state index contributed by atoms with van der Waals surface area (Å²) in [6.07, 6.45) is 8.27. The normalized spacial score (nSPS) is 15.7. The minimum atomic E-state index is -0.151. The molecule has 0 amide bonds. The molecular formula is C26H29BrIN3O3. The van der Waals surface area contributed by atoms with Gasteiger partial charge in [0.05, 0.1) is 33.9 Å². The van der Waals surface area contributed by atoms with E-state index in [0.29, 0.717) is 16.7 Å². The minimum absolute atomic E-state index is 0.0848. The van der Waals surface area contributed by atoms with Crippen molar-refractivity contribution in [1.29, 1.82) is 0 Å². The second-order valence-electron chi connectivity index (χ2n) is 8.70. The zero-order valence-corrected chi connectivity index (χ0v) is 23.4. The first-order valence-corrected chi connectivity index (χ1v) is 13.6. The van der Waals surface area contributed by atoms with E-state index in [1.54, 1.807) is 13.3 Å². The summed E-state index contributed by atoms with van der Waals surface area (Å²) in [5.74, 6) is 2.35. The van der Waals surface area contributed by atoms with Crippen molar-refractivity contribution < 1.29 is 9.47 Å². The Kier molecular flexibility index (Phi) is 8.29. The van der Waals surface area contributed by atoms with Crippen LogP contribution in [0.4, 0.5) is 0 Å². The predicted molar refractivity (Wildman–Crippen MR) is 149 cm³/mol. The Bertz CT molecular complexity index is 1270. The van der Waals surface area contributed by atoms with E-state index in [0.717, 1.165) is 57.3 Å². The summed E-state index contributed by atoms with van der Waals surface area (Å²) in [7, 11) is 1.63. The Morgan fingerprint density at radius 3 is 2.74 bits per heavy atom. The van der Waals surface area contributed by atoms with Gasteiger partial charge in [0.15, 0.2) is 11.5 Å². The van der Waals surface area contributed by atoms with Gasteiger partial charge < -0.3 is 9.47 Å². The Balaban J connectivity index is 1.79. The maximum Gasteiger partial charge on any atom is 0.282 e. The smallest absolute Gasteiger partial charge is 0.282 e. The SMILES string of the molecule is CC[C@@H](C)Oc1c(I)cc(C=Nn2c(C3CCCCC3)nc3ccc(Br)cc3c2=O)cc1OC. The van der Waals surface area contributed by atoms with Gasteiger partial charge in [-0.2, -0.15) is 9.78 Å². The van der Waals surface area contributed by atoms with Crippen LogP contribution in [0.3, 0.4) is 0 Å². The van der Waals surface area contributed by atoms with Crippen LogP contribution in [0.1, 0.15) is 69.7 Å². The molecular weight excluding hydrogens is 609 g/mol. The van der Waals surface area contributed by atoms with Gasteiger partial charge in [0.1, 0.15) is 5.82 Å². The number of hydrogen-bond acceptors (Lipinski definition) is 5. The van der Waals surface area contributed by atoms with Crippen LogP contribution in [0, 0.1) is 3.57 Å². The lowest BCUT2D eigenvalue weighted by atomic mass is 9.88. The van der Waals surface area contributed by atoms with Crippen LogP contribution in [0.15, 0.2) is 44.7 Å². The van der Waals surface area contributed by atoms with E-state index in [2.05, 4.69) is 50.5 Å². The zero-order chi connectivity index (χ0) is 24.2. The molecule has 0 bridgehead atoms. The number of rotatable bonds is 7. The van der Waals surface area contributed by atoms with E-state index in [1.807, 2.05) is 37.3 Å². The van der Waals surface area contributed by atoms with Gasteiger partial charge in [0.25, 0.3) is 5.56 Å². The number of fused-ring (bicyclic) bond motifs is 1. The van der Waals surface area contributed by atoms with Gasteiger partial charge in [0.2, 0.25) is 0 Å². The topological polar surface area (TPSA) is 65.7 Å². The minimum Gasteiger partial charge on any atom is -0.493 e. The molecule has 0 aliphatic heterocycles. The molecule has 8 heteroatoms. The molecule has 0 radical (unpaired) electrons. The van der Waals surface area contributed by atoms with Crippen molar-refractivity contribution in [1.82, 2.24) is 9.66 Å². The number of aromatic nitrogens is 2. The fraction of sp³-hybridized carbons (Fsp3) is 0.423. The second-order valence-corrected chi connectivity index (χ2v) is 10.8. The van der Waals surface area contributed by atoms with Crippen molar-refractivity contribution in [3.05, 3.63) is 60.1 Å². The first kappa shape index (κ1) is 25.2. The Labute approximate surface area is 222 Å². The summed E-state index contributed by atoms with van der Waals surface area (Å²) in [5.41, 5.74) is 1.39. The molecule has 2 aromatic carbocycles. The van der Waals surface area contributed by atoms with Crippen LogP contribution < -0.4 is 15.0 Å². The van der Waals surface area contributed by atoms with Gasteiger partial charge in [-0.15, -0.1) is 0 Å². The van der Waals surface area contributed by atoms with Crippen LogP contribution in [0.2, 0.25) is 0 Å². The van der Waals surface area contributed by atoms with Crippen molar-refractivity contribution in [3.8, 4) is 11.5 Å². The van der Waals surface area contributed by atoms with Crippen molar-refractivity contribution >= 4 is 55.6 Å². The first-order valence-electron chi connectivity index (χ1n) is 11.7. The van der Waals surface area contributed by atoms with E-state index in [1.165, 1.54) is 11.1 Å². The van der Waals surface area contributed by atoms with E-state index < -0.39 is 0 Å². The zero-order valence-electron chi connectivity index (χ0n) is 19.7. The molecule has 6 nitrogen and oxygen atoms in total. The third-order valence-corrected chi connectivity index (χ3v) is 7.57. The highest BCUT2D eigenvalue weighted by Gasteiger charge is 2.22. The predicted octanol–water partition coefficient (Wildman–Crippen LogP) is 6.88. The van der Waals surface area contributed by atoms with Gasteiger partial charge in [-0.25, -0.2) is 4.98 Å². The average molecular weight is 638 g/mol. The number of methoxy groups -OCH3 is 1. The summed E-state index contributed by atoms with van der Waals surface area (Å²) >= 11 is 5.72. The number of nitrogens with zero attached hydrogens (tertiary/aromatic N) is 3. The maximum atomic E-state index is 13.5. The number of halogens is 2. The number of hydrogen-bond donors (Lipinski definition) is 0. The molecule has 0 N–H and O–H groups in total. The molecule has 1 aliphatic carbocycles. The summed E-state index contributed by atoms with van der Waals surface area (Å²) in [6, 6.07) is 9.50. The second kappa shape index (κ2) is 11.2. The van der Waals surface area contributed by atoms with E-state index in [-0.39, 0.29) is 17.6 Å². The molecule has 0 unspecified atom stereocenters. The maximum absolute atomic E-state index is 13.5. The molecule has 1 atom stereocenters. The molecule has 3 aromatic rings. The molecule has 1 fully saturated rings. The van der Waals surface area contributed by atoms with Gasteiger partial charge in [-0.05, 0) is 84.7 Å². The quantitative estimate of drug-likeness (QED) is 0.209. The van der Waals surface area contributed by atoms with Crippen LogP contribution >= 0.6 is 38.5 Å². The van der Waals surface area contributed by atoms with Crippen LogP contribution in [-0.2, 0) is 0 Å². The molecule has 0 spiro atoms. The summed E-state index contributed by atoms with van der Waals surface area (Å²) < 4.78 is 14.9. The van der Waals surface area contributed by atoms with Gasteiger partial charge in [-0.3, -0.25) is 4.79 Å². The largest absolute Gasteiger partial charge is 0.493 e. The Morgan fingerprint density at radius 2 is 2.03 bits per heavy atom.